The Morgan fingerprint density at radius 1 is 1.11 bits per heavy atom. The standard InChI is InChI=1S/C24H27N5O5S/c1-16-20(7-10-34-16)23(32)27-24-26-18(15-35-24)13-22(31)28(2)14-21(30)25-17-3-5-19(6-4-17)29-8-11-33-12-9-29/h3-7,10,15H,8-9,11-14H2,1-2H3,(H,25,30)(H,26,27,32). The van der Waals surface area contributed by atoms with Crippen LogP contribution in [0.2, 0.25) is 0 Å². The predicted molar refractivity (Wildman–Crippen MR) is 133 cm³/mol. The van der Waals surface area contributed by atoms with E-state index in [0.717, 1.165) is 18.8 Å². The zero-order valence-corrected chi connectivity index (χ0v) is 20.4. The maximum Gasteiger partial charge on any atom is 0.260 e. The first-order chi connectivity index (χ1) is 16.9. The molecule has 1 fully saturated rings. The van der Waals surface area contributed by atoms with Crippen molar-refractivity contribution in [3.63, 3.8) is 0 Å². The third-order valence-electron chi connectivity index (χ3n) is 5.54. The van der Waals surface area contributed by atoms with Gasteiger partial charge in [-0.05, 0) is 37.3 Å². The van der Waals surface area contributed by atoms with E-state index in [1.807, 2.05) is 24.3 Å². The van der Waals surface area contributed by atoms with Gasteiger partial charge in [-0.15, -0.1) is 11.3 Å². The fraction of sp³-hybridized carbons (Fsp3) is 0.333. The lowest BCUT2D eigenvalue weighted by molar-refractivity contribution is -0.132. The fourth-order valence-corrected chi connectivity index (χ4v) is 4.31. The van der Waals surface area contributed by atoms with Crippen molar-refractivity contribution in [3.8, 4) is 0 Å². The van der Waals surface area contributed by atoms with E-state index < -0.39 is 0 Å². The molecule has 1 saturated heterocycles. The van der Waals surface area contributed by atoms with Crippen LogP contribution < -0.4 is 15.5 Å². The van der Waals surface area contributed by atoms with Crippen LogP contribution in [0, 0.1) is 6.92 Å². The zero-order valence-electron chi connectivity index (χ0n) is 19.6. The van der Waals surface area contributed by atoms with Crippen molar-refractivity contribution in [2.75, 3.05) is 55.4 Å². The molecule has 0 bridgehead atoms. The number of hydrogen-bond acceptors (Lipinski definition) is 8. The monoisotopic (exact) mass is 497 g/mol. The Morgan fingerprint density at radius 2 is 1.86 bits per heavy atom. The van der Waals surface area contributed by atoms with Crippen molar-refractivity contribution in [1.82, 2.24) is 9.88 Å². The first-order valence-corrected chi connectivity index (χ1v) is 12.0. The molecule has 11 heteroatoms. The van der Waals surface area contributed by atoms with Crippen molar-refractivity contribution in [2.45, 2.75) is 13.3 Å². The van der Waals surface area contributed by atoms with Gasteiger partial charge in [0, 0.05) is 36.9 Å². The van der Waals surface area contributed by atoms with Crippen LogP contribution in [0.3, 0.4) is 0 Å². The highest BCUT2D eigenvalue weighted by Gasteiger charge is 2.18. The number of furan rings is 1. The van der Waals surface area contributed by atoms with Crippen molar-refractivity contribution < 1.29 is 23.5 Å². The number of thiazole rings is 1. The Morgan fingerprint density at radius 3 is 2.54 bits per heavy atom. The van der Waals surface area contributed by atoms with E-state index in [2.05, 4.69) is 20.5 Å². The van der Waals surface area contributed by atoms with Gasteiger partial charge in [0.15, 0.2) is 5.13 Å². The Labute approximate surface area is 206 Å². The molecule has 3 amide bonds. The summed E-state index contributed by atoms with van der Waals surface area (Å²) in [7, 11) is 1.57. The van der Waals surface area contributed by atoms with Gasteiger partial charge in [0.05, 0.1) is 43.7 Å². The van der Waals surface area contributed by atoms with Crippen LogP contribution >= 0.6 is 11.3 Å². The quantitative estimate of drug-likeness (QED) is 0.491. The number of morpholine rings is 1. The number of carbonyl (C=O) groups excluding carboxylic acids is 3. The van der Waals surface area contributed by atoms with Crippen LogP contribution in [0.25, 0.3) is 0 Å². The van der Waals surface area contributed by atoms with Gasteiger partial charge < -0.3 is 24.3 Å². The van der Waals surface area contributed by atoms with E-state index in [0.29, 0.717) is 41.1 Å². The van der Waals surface area contributed by atoms with Gasteiger partial charge in [-0.2, -0.15) is 0 Å². The highest BCUT2D eigenvalue weighted by Crippen LogP contribution is 2.20. The van der Waals surface area contributed by atoms with Gasteiger partial charge >= 0.3 is 0 Å². The number of rotatable bonds is 8. The smallest absolute Gasteiger partial charge is 0.260 e. The summed E-state index contributed by atoms with van der Waals surface area (Å²) in [5.41, 5.74) is 2.70. The number of nitrogens with zero attached hydrogens (tertiary/aromatic N) is 3. The maximum atomic E-state index is 12.6. The van der Waals surface area contributed by atoms with Gasteiger partial charge in [0.25, 0.3) is 5.91 Å². The van der Waals surface area contributed by atoms with Crippen LogP contribution in [-0.2, 0) is 20.7 Å². The van der Waals surface area contributed by atoms with Gasteiger partial charge in [-0.1, -0.05) is 0 Å². The number of nitrogens with one attached hydrogen (secondary N) is 2. The minimum atomic E-state index is -0.324. The molecule has 0 atom stereocenters. The molecule has 0 spiro atoms. The Kier molecular flexibility index (Phi) is 7.78. The number of benzene rings is 1. The summed E-state index contributed by atoms with van der Waals surface area (Å²) < 4.78 is 10.5. The molecule has 35 heavy (non-hydrogen) atoms. The lowest BCUT2D eigenvalue weighted by atomic mass is 10.2. The molecular formula is C24H27N5O5S. The Balaban J connectivity index is 1.24. The van der Waals surface area contributed by atoms with Crippen LogP contribution in [0.5, 0.6) is 0 Å². The van der Waals surface area contributed by atoms with Crippen molar-refractivity contribution in [3.05, 3.63) is 59.0 Å². The first kappa shape index (κ1) is 24.4. The fourth-order valence-electron chi connectivity index (χ4n) is 3.60. The number of ether oxygens (including phenoxy) is 1. The maximum absolute atomic E-state index is 12.6. The summed E-state index contributed by atoms with van der Waals surface area (Å²) in [4.78, 5) is 45.2. The molecule has 10 nitrogen and oxygen atoms in total. The van der Waals surface area contributed by atoms with Crippen LogP contribution in [0.4, 0.5) is 16.5 Å². The van der Waals surface area contributed by atoms with Crippen molar-refractivity contribution in [2.24, 2.45) is 0 Å². The van der Waals surface area contributed by atoms with E-state index in [1.54, 1.807) is 25.4 Å². The number of carbonyl (C=O) groups is 3. The predicted octanol–water partition coefficient (Wildman–Crippen LogP) is 2.77. The molecule has 184 valence electrons. The van der Waals surface area contributed by atoms with Crippen LogP contribution in [0.1, 0.15) is 21.8 Å². The average molecular weight is 498 g/mol. The second-order valence-electron chi connectivity index (χ2n) is 8.11. The summed E-state index contributed by atoms with van der Waals surface area (Å²) in [6.45, 7) is 4.72. The van der Waals surface area contributed by atoms with Crippen molar-refractivity contribution >= 4 is 45.6 Å². The second-order valence-corrected chi connectivity index (χ2v) is 8.97. The molecule has 1 aromatic carbocycles. The molecule has 3 heterocycles. The molecule has 1 aliphatic rings. The number of amides is 3. The molecule has 3 aromatic rings. The highest BCUT2D eigenvalue weighted by atomic mass is 32.1. The second kappa shape index (κ2) is 11.2. The molecule has 2 N–H and O–H groups in total. The lowest BCUT2D eigenvalue weighted by Crippen LogP contribution is -2.36. The topological polar surface area (TPSA) is 117 Å². The van der Waals surface area contributed by atoms with Gasteiger partial charge in [0.2, 0.25) is 11.8 Å². The zero-order chi connectivity index (χ0) is 24.8. The molecular weight excluding hydrogens is 470 g/mol. The SMILES string of the molecule is Cc1occc1C(=O)Nc1nc(CC(=O)N(C)CC(=O)Nc2ccc(N3CCOCC3)cc2)cs1. The van der Waals surface area contributed by atoms with Crippen molar-refractivity contribution in [1.29, 1.82) is 0 Å². The van der Waals surface area contributed by atoms with Crippen LogP contribution in [0.15, 0.2) is 46.4 Å². The number of aromatic nitrogens is 1. The summed E-state index contributed by atoms with van der Waals surface area (Å²) in [5.74, 6) is -0.351. The van der Waals surface area contributed by atoms with E-state index in [4.69, 9.17) is 9.15 Å². The Hall–Kier alpha value is -3.70. The molecule has 0 radical (unpaired) electrons. The minimum absolute atomic E-state index is 0.0230. The summed E-state index contributed by atoms with van der Waals surface area (Å²) in [6.07, 6.45) is 1.47. The molecule has 0 saturated carbocycles. The lowest BCUT2D eigenvalue weighted by Gasteiger charge is -2.28. The van der Waals surface area contributed by atoms with E-state index in [9.17, 15) is 14.4 Å². The first-order valence-electron chi connectivity index (χ1n) is 11.2. The largest absolute Gasteiger partial charge is 0.469 e. The number of hydrogen-bond donors (Lipinski definition) is 2. The number of aryl methyl sites for hydroxylation is 1. The normalized spacial score (nSPS) is 13.4. The molecule has 1 aliphatic heterocycles. The third-order valence-corrected chi connectivity index (χ3v) is 6.35. The van der Waals surface area contributed by atoms with Crippen LogP contribution in [-0.4, -0.2) is 67.5 Å². The summed E-state index contributed by atoms with van der Waals surface area (Å²) in [5, 5.41) is 7.62. The molecule has 2 aromatic heterocycles. The third kappa shape index (κ3) is 6.46. The molecule has 0 aliphatic carbocycles. The van der Waals surface area contributed by atoms with Gasteiger partial charge in [0.1, 0.15) is 5.76 Å². The van der Waals surface area contributed by atoms with E-state index in [1.165, 1.54) is 22.5 Å². The minimum Gasteiger partial charge on any atom is -0.469 e. The summed E-state index contributed by atoms with van der Waals surface area (Å²) >= 11 is 1.23. The number of anilines is 3. The van der Waals surface area contributed by atoms with E-state index >= 15 is 0 Å². The average Bonchev–Trinajstić information content (AvgIpc) is 3.48. The van der Waals surface area contributed by atoms with Gasteiger partial charge in [-0.3, -0.25) is 19.7 Å². The number of likely N-dealkylation sites (N-methyl/N-ethyl adjacent to an activating group) is 1. The summed E-state index contributed by atoms with van der Waals surface area (Å²) in [6, 6.07) is 9.20. The highest BCUT2D eigenvalue weighted by molar-refractivity contribution is 7.14. The molecule has 0 unspecified atom stereocenters. The molecule has 4 rings (SSSR count). The van der Waals surface area contributed by atoms with E-state index in [-0.39, 0.29) is 30.7 Å². The van der Waals surface area contributed by atoms with Gasteiger partial charge in [-0.25, -0.2) is 4.98 Å². The Bertz CT molecular complexity index is 1180.